The Morgan fingerprint density at radius 1 is 1.28 bits per heavy atom. The van der Waals surface area contributed by atoms with Crippen LogP contribution in [0.15, 0.2) is 29.8 Å². The zero-order valence-corrected chi connectivity index (χ0v) is 11.3. The zero-order chi connectivity index (χ0) is 13.3. The van der Waals surface area contributed by atoms with Crippen LogP contribution >= 0.6 is 11.6 Å². The quantitative estimate of drug-likeness (QED) is 0.571. The van der Waals surface area contributed by atoms with Gasteiger partial charge in [0.05, 0.1) is 5.57 Å². The Morgan fingerprint density at radius 2 is 2.00 bits per heavy atom. The summed E-state index contributed by atoms with van der Waals surface area (Å²) in [5, 5.41) is 0.597. The molecule has 0 amide bonds. The van der Waals surface area contributed by atoms with E-state index in [2.05, 4.69) is 0 Å². The molecule has 0 radical (unpaired) electrons. The van der Waals surface area contributed by atoms with Crippen molar-refractivity contribution in [1.29, 1.82) is 0 Å². The van der Waals surface area contributed by atoms with Crippen molar-refractivity contribution in [3.05, 3.63) is 40.4 Å². The van der Waals surface area contributed by atoms with Gasteiger partial charge in [-0.1, -0.05) is 37.6 Å². The number of allylic oxidation sites excluding steroid dienone is 1. The van der Waals surface area contributed by atoms with Crippen molar-refractivity contribution in [2.75, 3.05) is 0 Å². The first kappa shape index (κ1) is 13.0. The monoisotopic (exact) mass is 262 g/mol. The van der Waals surface area contributed by atoms with Crippen LogP contribution in [0, 0.1) is 5.41 Å². The fraction of sp³-hybridized carbons (Fsp3) is 0.333. The van der Waals surface area contributed by atoms with Crippen LogP contribution in [0.4, 0.5) is 0 Å². The number of carbonyl (C=O) groups is 2. The number of carbonyl (C=O) groups excluding carboxylic acids is 2. The second-order valence-electron chi connectivity index (χ2n) is 5.25. The van der Waals surface area contributed by atoms with Crippen molar-refractivity contribution in [1.82, 2.24) is 0 Å². The summed E-state index contributed by atoms with van der Waals surface area (Å²) in [4.78, 5) is 24.1. The number of hydrogen-bond donors (Lipinski definition) is 0. The van der Waals surface area contributed by atoms with Crippen molar-refractivity contribution in [3.8, 4) is 0 Å². The van der Waals surface area contributed by atoms with Crippen LogP contribution in [0.5, 0.6) is 0 Å². The minimum absolute atomic E-state index is 0.0701. The lowest BCUT2D eigenvalue weighted by Gasteiger charge is -2.28. The molecule has 0 heterocycles. The molecule has 0 N–H and O–H groups in total. The number of ketones is 2. The summed E-state index contributed by atoms with van der Waals surface area (Å²) < 4.78 is 0. The van der Waals surface area contributed by atoms with Crippen LogP contribution in [0.2, 0.25) is 5.02 Å². The topological polar surface area (TPSA) is 34.1 Å². The van der Waals surface area contributed by atoms with E-state index in [0.717, 1.165) is 5.56 Å². The SMILES string of the molecule is CC1(C)CCC(=O)/C(=C/c2cccc(Cl)c2)C1=O. The first-order valence-electron chi connectivity index (χ1n) is 5.95. The van der Waals surface area contributed by atoms with Gasteiger partial charge in [0.1, 0.15) is 0 Å². The van der Waals surface area contributed by atoms with Gasteiger partial charge in [-0.15, -0.1) is 0 Å². The Hall–Kier alpha value is -1.41. The third kappa shape index (κ3) is 2.54. The Bertz CT molecular complexity index is 541. The van der Waals surface area contributed by atoms with E-state index in [4.69, 9.17) is 11.6 Å². The fourth-order valence-electron chi connectivity index (χ4n) is 2.07. The smallest absolute Gasteiger partial charge is 0.172 e. The third-order valence-electron chi connectivity index (χ3n) is 3.30. The Balaban J connectivity index is 2.41. The van der Waals surface area contributed by atoms with Gasteiger partial charge in [-0.2, -0.15) is 0 Å². The molecule has 1 aromatic carbocycles. The number of rotatable bonds is 1. The molecule has 2 rings (SSSR count). The van der Waals surface area contributed by atoms with Gasteiger partial charge in [0.25, 0.3) is 0 Å². The van der Waals surface area contributed by atoms with Crippen molar-refractivity contribution >= 4 is 29.2 Å². The van der Waals surface area contributed by atoms with Crippen LogP contribution in [-0.2, 0) is 9.59 Å². The van der Waals surface area contributed by atoms with Gasteiger partial charge in [-0.3, -0.25) is 9.59 Å². The van der Waals surface area contributed by atoms with Crippen LogP contribution < -0.4 is 0 Å². The molecule has 0 spiro atoms. The molecule has 1 fully saturated rings. The van der Waals surface area contributed by atoms with E-state index in [1.54, 1.807) is 24.3 Å². The predicted octanol–water partition coefficient (Wildman–Crippen LogP) is 3.68. The summed E-state index contributed by atoms with van der Waals surface area (Å²) in [6, 6.07) is 7.15. The highest BCUT2D eigenvalue weighted by atomic mass is 35.5. The van der Waals surface area contributed by atoms with E-state index in [1.165, 1.54) is 0 Å². The van der Waals surface area contributed by atoms with E-state index in [-0.39, 0.29) is 11.6 Å². The molecule has 0 aromatic heterocycles. The molecule has 3 heteroatoms. The van der Waals surface area contributed by atoms with E-state index < -0.39 is 5.41 Å². The summed E-state index contributed by atoms with van der Waals surface area (Å²) in [5.74, 6) is -0.141. The zero-order valence-electron chi connectivity index (χ0n) is 10.5. The minimum atomic E-state index is -0.446. The maximum atomic E-state index is 12.2. The Kier molecular flexibility index (Phi) is 3.40. The molecule has 0 saturated heterocycles. The van der Waals surface area contributed by atoms with E-state index in [1.807, 2.05) is 19.9 Å². The third-order valence-corrected chi connectivity index (χ3v) is 3.53. The van der Waals surface area contributed by atoms with Crippen molar-refractivity contribution in [3.63, 3.8) is 0 Å². The largest absolute Gasteiger partial charge is 0.294 e. The van der Waals surface area contributed by atoms with Crippen LogP contribution in [0.1, 0.15) is 32.3 Å². The van der Waals surface area contributed by atoms with Gasteiger partial charge >= 0.3 is 0 Å². The second-order valence-corrected chi connectivity index (χ2v) is 5.69. The number of benzene rings is 1. The number of halogens is 1. The Morgan fingerprint density at radius 3 is 2.67 bits per heavy atom. The molecule has 1 aliphatic rings. The maximum absolute atomic E-state index is 12.2. The molecule has 0 bridgehead atoms. The van der Waals surface area contributed by atoms with Crippen LogP contribution in [0.25, 0.3) is 6.08 Å². The summed E-state index contributed by atoms with van der Waals surface area (Å²) in [5.41, 5.74) is 0.642. The second kappa shape index (κ2) is 4.69. The summed E-state index contributed by atoms with van der Waals surface area (Å²) in [7, 11) is 0. The standard InChI is InChI=1S/C15H15ClO2/c1-15(2)7-6-13(17)12(14(15)18)9-10-4-3-5-11(16)8-10/h3-5,8-9H,6-7H2,1-2H3/b12-9-. The fourth-order valence-corrected chi connectivity index (χ4v) is 2.27. The molecule has 1 saturated carbocycles. The van der Waals surface area contributed by atoms with E-state index in [9.17, 15) is 9.59 Å². The molecule has 1 aromatic rings. The van der Waals surface area contributed by atoms with Crippen LogP contribution in [0.3, 0.4) is 0 Å². The first-order valence-corrected chi connectivity index (χ1v) is 6.33. The maximum Gasteiger partial charge on any atom is 0.172 e. The molecule has 0 unspecified atom stereocenters. The van der Waals surface area contributed by atoms with Crippen molar-refractivity contribution < 1.29 is 9.59 Å². The summed E-state index contributed by atoms with van der Waals surface area (Å²) in [6.07, 6.45) is 2.71. The number of hydrogen-bond acceptors (Lipinski definition) is 2. The average Bonchev–Trinajstić information content (AvgIpc) is 2.31. The van der Waals surface area contributed by atoms with E-state index in [0.29, 0.717) is 23.4 Å². The van der Waals surface area contributed by atoms with Crippen molar-refractivity contribution in [2.24, 2.45) is 5.41 Å². The average molecular weight is 263 g/mol. The normalized spacial score (nSPS) is 21.4. The lowest BCUT2D eigenvalue weighted by Crippen LogP contribution is -2.34. The van der Waals surface area contributed by atoms with Crippen molar-refractivity contribution in [2.45, 2.75) is 26.7 Å². The van der Waals surface area contributed by atoms with Gasteiger partial charge in [-0.25, -0.2) is 0 Å². The highest BCUT2D eigenvalue weighted by molar-refractivity contribution is 6.31. The first-order chi connectivity index (χ1) is 8.40. The lowest BCUT2D eigenvalue weighted by atomic mass is 9.73. The predicted molar refractivity (Wildman–Crippen MR) is 72.5 cm³/mol. The minimum Gasteiger partial charge on any atom is -0.294 e. The molecule has 0 atom stereocenters. The van der Waals surface area contributed by atoms with Gasteiger partial charge in [0, 0.05) is 16.9 Å². The number of Topliss-reactive ketones (excluding diaryl/α,β-unsaturated/α-hetero) is 2. The molecule has 18 heavy (non-hydrogen) atoms. The lowest BCUT2D eigenvalue weighted by molar-refractivity contribution is -0.130. The van der Waals surface area contributed by atoms with Crippen LogP contribution in [-0.4, -0.2) is 11.6 Å². The molecular weight excluding hydrogens is 248 g/mol. The van der Waals surface area contributed by atoms with Gasteiger partial charge in [0.15, 0.2) is 11.6 Å². The highest BCUT2D eigenvalue weighted by Gasteiger charge is 2.37. The summed E-state index contributed by atoms with van der Waals surface area (Å²) >= 11 is 5.89. The van der Waals surface area contributed by atoms with Gasteiger partial charge < -0.3 is 0 Å². The molecule has 2 nitrogen and oxygen atoms in total. The Labute approximate surface area is 112 Å². The molecule has 94 valence electrons. The molecule has 0 aliphatic heterocycles. The van der Waals surface area contributed by atoms with Gasteiger partial charge in [-0.05, 0) is 30.2 Å². The van der Waals surface area contributed by atoms with Gasteiger partial charge in [0.2, 0.25) is 0 Å². The molecular formula is C15H15ClO2. The summed E-state index contributed by atoms with van der Waals surface area (Å²) in [6.45, 7) is 3.77. The van der Waals surface area contributed by atoms with E-state index >= 15 is 0 Å². The molecule has 1 aliphatic carbocycles. The highest BCUT2D eigenvalue weighted by Crippen LogP contribution is 2.34.